The average Bonchev–Trinajstić information content (AvgIpc) is 2.64. The molecule has 2 aromatic rings. The predicted molar refractivity (Wildman–Crippen MR) is 111 cm³/mol. The zero-order chi connectivity index (χ0) is 20.9. The molecule has 2 rings (SSSR count). The molecule has 5 heteroatoms. The van der Waals surface area contributed by atoms with E-state index in [0.29, 0.717) is 11.3 Å². The minimum atomic E-state index is -0.560. The molecule has 0 saturated heterocycles. The highest BCUT2D eigenvalue weighted by molar-refractivity contribution is 5.92. The van der Waals surface area contributed by atoms with Crippen LogP contribution in [-0.4, -0.2) is 24.5 Å². The molecule has 0 aliphatic carbocycles. The minimum Gasteiger partial charge on any atom is -0.489 e. The number of esters is 1. The Bertz CT molecular complexity index is 835. The molecule has 0 unspecified atom stereocenters. The van der Waals surface area contributed by atoms with Crippen molar-refractivity contribution in [2.75, 3.05) is 11.9 Å². The number of aryl methyl sites for hydroxylation is 1. The maximum atomic E-state index is 12.6. The van der Waals surface area contributed by atoms with Crippen molar-refractivity contribution in [2.24, 2.45) is 0 Å². The summed E-state index contributed by atoms with van der Waals surface area (Å²) in [5.74, 6) is 0.280. The number of ether oxygens (including phenoxy) is 2. The third kappa shape index (κ3) is 5.84. The van der Waals surface area contributed by atoms with E-state index < -0.39 is 5.60 Å². The van der Waals surface area contributed by atoms with E-state index in [-0.39, 0.29) is 18.5 Å². The number of anilines is 1. The van der Waals surface area contributed by atoms with Gasteiger partial charge in [0.25, 0.3) is 0 Å². The number of rotatable bonds is 6. The van der Waals surface area contributed by atoms with Crippen molar-refractivity contribution in [1.82, 2.24) is 0 Å². The second-order valence-electron chi connectivity index (χ2n) is 7.71. The SMILES string of the molecule is CCc1ccc(COc2ccc(N(C)C(C)=O)cc2)c(C(=O)OC(C)(C)C)c1. The molecule has 0 aliphatic heterocycles. The van der Waals surface area contributed by atoms with Gasteiger partial charge in [-0.25, -0.2) is 4.79 Å². The van der Waals surface area contributed by atoms with E-state index in [0.717, 1.165) is 23.2 Å². The molecule has 1 amide bonds. The van der Waals surface area contributed by atoms with E-state index in [2.05, 4.69) is 0 Å². The molecule has 5 nitrogen and oxygen atoms in total. The molecule has 0 N–H and O–H groups in total. The van der Waals surface area contributed by atoms with E-state index in [1.807, 2.05) is 70.2 Å². The number of hydrogen-bond acceptors (Lipinski definition) is 4. The van der Waals surface area contributed by atoms with Crippen molar-refractivity contribution in [1.29, 1.82) is 0 Å². The number of carbonyl (C=O) groups is 2. The van der Waals surface area contributed by atoms with Gasteiger partial charge >= 0.3 is 5.97 Å². The molecule has 0 fully saturated rings. The van der Waals surface area contributed by atoms with Crippen LogP contribution in [0.5, 0.6) is 5.75 Å². The third-order valence-corrected chi connectivity index (χ3v) is 4.29. The Morgan fingerprint density at radius 3 is 2.21 bits per heavy atom. The van der Waals surface area contributed by atoms with E-state index in [1.54, 1.807) is 11.9 Å². The van der Waals surface area contributed by atoms with Crippen molar-refractivity contribution < 1.29 is 19.1 Å². The largest absolute Gasteiger partial charge is 0.489 e. The Labute approximate surface area is 167 Å². The summed E-state index contributed by atoms with van der Waals surface area (Å²) in [6, 6.07) is 13.0. The van der Waals surface area contributed by atoms with Crippen LogP contribution < -0.4 is 9.64 Å². The highest BCUT2D eigenvalue weighted by Crippen LogP contribution is 2.22. The van der Waals surface area contributed by atoms with Crippen LogP contribution in [0.4, 0.5) is 5.69 Å². The van der Waals surface area contributed by atoms with E-state index in [1.165, 1.54) is 6.92 Å². The first-order chi connectivity index (χ1) is 13.1. The first-order valence-corrected chi connectivity index (χ1v) is 9.43. The highest BCUT2D eigenvalue weighted by Gasteiger charge is 2.21. The number of hydrogen-bond donors (Lipinski definition) is 0. The van der Waals surface area contributed by atoms with Crippen molar-refractivity contribution >= 4 is 17.6 Å². The number of carbonyl (C=O) groups excluding carboxylic acids is 2. The number of amides is 1. The van der Waals surface area contributed by atoms with Gasteiger partial charge in [-0.15, -0.1) is 0 Å². The number of nitrogens with zero attached hydrogens (tertiary/aromatic N) is 1. The molecule has 0 heterocycles. The zero-order valence-corrected chi connectivity index (χ0v) is 17.5. The van der Waals surface area contributed by atoms with E-state index in [4.69, 9.17) is 9.47 Å². The Morgan fingerprint density at radius 1 is 1.04 bits per heavy atom. The first-order valence-electron chi connectivity index (χ1n) is 9.43. The fourth-order valence-electron chi connectivity index (χ4n) is 2.60. The summed E-state index contributed by atoms with van der Waals surface area (Å²) < 4.78 is 11.4. The summed E-state index contributed by atoms with van der Waals surface area (Å²) in [6.07, 6.45) is 0.835. The Kier molecular flexibility index (Phi) is 6.84. The molecule has 28 heavy (non-hydrogen) atoms. The van der Waals surface area contributed by atoms with Crippen LogP contribution in [-0.2, 0) is 22.6 Å². The lowest BCUT2D eigenvalue weighted by Gasteiger charge is -2.21. The van der Waals surface area contributed by atoms with Crippen molar-refractivity contribution in [3.05, 3.63) is 59.2 Å². The van der Waals surface area contributed by atoms with Gasteiger partial charge in [-0.3, -0.25) is 4.79 Å². The van der Waals surface area contributed by atoms with Gasteiger partial charge in [0.2, 0.25) is 5.91 Å². The van der Waals surface area contributed by atoms with Crippen molar-refractivity contribution in [2.45, 2.75) is 53.2 Å². The minimum absolute atomic E-state index is 0.0355. The maximum absolute atomic E-state index is 12.6. The van der Waals surface area contributed by atoms with Crippen LogP contribution in [0.25, 0.3) is 0 Å². The van der Waals surface area contributed by atoms with Gasteiger partial charge in [0.15, 0.2) is 0 Å². The van der Waals surface area contributed by atoms with Crippen LogP contribution in [0.3, 0.4) is 0 Å². The molecule has 0 spiro atoms. The van der Waals surface area contributed by atoms with Crippen molar-refractivity contribution in [3.8, 4) is 5.75 Å². The summed E-state index contributed by atoms with van der Waals surface area (Å²) in [5.41, 5.74) is 2.61. The summed E-state index contributed by atoms with van der Waals surface area (Å²) in [5, 5.41) is 0. The lowest BCUT2D eigenvalue weighted by molar-refractivity contribution is -0.116. The summed E-state index contributed by atoms with van der Waals surface area (Å²) >= 11 is 0. The smallest absolute Gasteiger partial charge is 0.339 e. The Hall–Kier alpha value is -2.82. The van der Waals surface area contributed by atoms with Crippen LogP contribution >= 0.6 is 0 Å². The Morgan fingerprint density at radius 2 is 1.68 bits per heavy atom. The average molecular weight is 383 g/mol. The van der Waals surface area contributed by atoms with Gasteiger partial charge in [-0.05, 0) is 63.1 Å². The second-order valence-corrected chi connectivity index (χ2v) is 7.71. The molecular formula is C23H29NO4. The van der Waals surface area contributed by atoms with Gasteiger partial charge in [0, 0.05) is 25.2 Å². The van der Waals surface area contributed by atoms with Crippen LogP contribution in [0.1, 0.15) is 56.1 Å². The number of benzene rings is 2. The highest BCUT2D eigenvalue weighted by atomic mass is 16.6. The third-order valence-electron chi connectivity index (χ3n) is 4.29. The first kappa shape index (κ1) is 21.5. The van der Waals surface area contributed by atoms with E-state index >= 15 is 0 Å². The predicted octanol–water partition coefficient (Wildman–Crippen LogP) is 4.77. The molecular weight excluding hydrogens is 354 g/mol. The lowest BCUT2D eigenvalue weighted by atomic mass is 10.0. The quantitative estimate of drug-likeness (QED) is 0.675. The maximum Gasteiger partial charge on any atom is 0.339 e. The molecule has 0 saturated carbocycles. The van der Waals surface area contributed by atoms with E-state index in [9.17, 15) is 9.59 Å². The fourth-order valence-corrected chi connectivity index (χ4v) is 2.60. The topological polar surface area (TPSA) is 55.8 Å². The second kappa shape index (κ2) is 8.91. The molecule has 0 bridgehead atoms. The summed E-state index contributed by atoms with van der Waals surface area (Å²) in [7, 11) is 1.72. The monoisotopic (exact) mass is 383 g/mol. The van der Waals surface area contributed by atoms with Crippen LogP contribution in [0, 0.1) is 0 Å². The fraction of sp³-hybridized carbons (Fsp3) is 0.391. The summed E-state index contributed by atoms with van der Waals surface area (Å²) in [4.78, 5) is 25.6. The van der Waals surface area contributed by atoms with Gasteiger partial charge in [-0.2, -0.15) is 0 Å². The normalized spacial score (nSPS) is 11.1. The molecule has 0 aromatic heterocycles. The molecule has 0 atom stereocenters. The van der Waals surface area contributed by atoms with Gasteiger partial charge in [0.05, 0.1) is 5.56 Å². The summed E-state index contributed by atoms with van der Waals surface area (Å²) in [6.45, 7) is 9.37. The van der Waals surface area contributed by atoms with Crippen LogP contribution in [0.2, 0.25) is 0 Å². The van der Waals surface area contributed by atoms with Gasteiger partial charge in [-0.1, -0.05) is 19.1 Å². The zero-order valence-electron chi connectivity index (χ0n) is 17.5. The molecule has 0 radical (unpaired) electrons. The van der Waals surface area contributed by atoms with Crippen LogP contribution in [0.15, 0.2) is 42.5 Å². The molecule has 0 aliphatic rings. The Balaban J connectivity index is 2.17. The van der Waals surface area contributed by atoms with Gasteiger partial charge in [0.1, 0.15) is 18.0 Å². The van der Waals surface area contributed by atoms with Gasteiger partial charge < -0.3 is 14.4 Å². The molecule has 150 valence electrons. The standard InChI is InChI=1S/C23H29NO4/c1-7-17-8-9-18(21(14-17)22(26)28-23(3,4)5)15-27-20-12-10-19(11-13-20)24(6)16(2)25/h8-14H,7,15H2,1-6H3. The molecule has 2 aromatic carbocycles. The lowest BCUT2D eigenvalue weighted by Crippen LogP contribution is -2.25. The van der Waals surface area contributed by atoms with Crippen molar-refractivity contribution in [3.63, 3.8) is 0 Å².